The number of benzene rings is 1. The van der Waals surface area contributed by atoms with Crippen molar-refractivity contribution in [3.63, 3.8) is 0 Å². The molecule has 0 radical (unpaired) electrons. The number of anilines is 3. The molecule has 0 unspecified atom stereocenters. The quantitative estimate of drug-likeness (QED) is 0.357. The first kappa shape index (κ1) is 29.0. The van der Waals surface area contributed by atoms with Crippen molar-refractivity contribution in [3.05, 3.63) is 53.9 Å². The summed E-state index contributed by atoms with van der Waals surface area (Å²) >= 11 is 0. The summed E-state index contributed by atoms with van der Waals surface area (Å²) in [6.07, 6.45) is 1.73. The van der Waals surface area contributed by atoms with Crippen molar-refractivity contribution >= 4 is 29.1 Å². The van der Waals surface area contributed by atoms with E-state index in [4.69, 9.17) is 9.26 Å². The Morgan fingerprint density at radius 3 is 2.05 bits per heavy atom. The maximum Gasteiger partial charge on any atom is 0.324 e. The Morgan fingerprint density at radius 1 is 0.925 bits per heavy atom. The van der Waals surface area contributed by atoms with E-state index < -0.39 is 11.9 Å². The molecule has 0 aliphatic carbocycles. The molecule has 0 spiro atoms. The molecule has 3 heterocycles. The summed E-state index contributed by atoms with van der Waals surface area (Å²) in [5, 5.41) is 20.2. The largest absolute Gasteiger partial charge is 0.473 e. The molecule has 3 N–H and O–H groups in total. The predicted octanol–water partition coefficient (Wildman–Crippen LogP) is 5.69. The Bertz CT molecular complexity index is 1320. The lowest BCUT2D eigenvalue weighted by molar-refractivity contribution is -0.0569. The minimum atomic E-state index is -0.462. The maximum atomic E-state index is 12.7. The van der Waals surface area contributed by atoms with Crippen LogP contribution >= 0.6 is 0 Å². The van der Waals surface area contributed by atoms with Crippen LogP contribution in [-0.2, 0) is 5.41 Å². The fraction of sp³-hybridized carbons (Fsp3) is 0.483. The molecule has 1 aliphatic heterocycles. The number of nitrogens with one attached hydrogen (secondary N) is 3. The molecular weight excluding hydrogens is 510 g/mol. The highest BCUT2D eigenvalue weighted by atomic mass is 16.5. The van der Waals surface area contributed by atoms with Gasteiger partial charge in [-0.15, -0.1) is 10.2 Å². The summed E-state index contributed by atoms with van der Waals surface area (Å²) < 4.78 is 11.4. The second-order valence-electron chi connectivity index (χ2n) is 12.5. The normalized spacial score (nSPS) is 17.2. The Balaban J connectivity index is 1.29. The molecule has 3 amide bonds. The van der Waals surface area contributed by atoms with Crippen molar-refractivity contribution < 1.29 is 18.8 Å². The van der Waals surface area contributed by atoms with Gasteiger partial charge >= 0.3 is 6.03 Å². The Kier molecular flexibility index (Phi) is 7.89. The number of aromatic nitrogens is 3. The van der Waals surface area contributed by atoms with Gasteiger partial charge in [-0.2, -0.15) is 0 Å². The topological polar surface area (TPSA) is 135 Å². The number of nitrogens with zero attached hydrogens (tertiary/aromatic N) is 4. The molecular formula is C29H39N7O4. The molecule has 214 valence electrons. The van der Waals surface area contributed by atoms with E-state index in [-0.39, 0.29) is 28.3 Å². The lowest BCUT2D eigenvalue weighted by Crippen LogP contribution is -2.60. The van der Waals surface area contributed by atoms with Crippen LogP contribution in [0.5, 0.6) is 5.88 Å². The molecule has 11 heteroatoms. The SMILES string of the molecule is CN1C(C)(C)CC(Oc2ccc(C(=O)Nc3ccc(NC(=O)Nc4cc(C(C)(C)C)on4)cc3)nn2)CC1(C)C. The van der Waals surface area contributed by atoms with Crippen LogP contribution < -0.4 is 20.7 Å². The van der Waals surface area contributed by atoms with Gasteiger partial charge in [0.05, 0.1) is 0 Å². The summed E-state index contributed by atoms with van der Waals surface area (Å²) in [4.78, 5) is 27.4. The Hall–Kier alpha value is -3.99. The van der Waals surface area contributed by atoms with E-state index in [0.29, 0.717) is 28.8 Å². The van der Waals surface area contributed by atoms with Crippen LogP contribution in [-0.4, -0.2) is 56.4 Å². The minimum Gasteiger partial charge on any atom is -0.473 e. The van der Waals surface area contributed by atoms with Crippen LogP contribution in [0.15, 0.2) is 47.0 Å². The molecule has 3 aromatic rings. The number of urea groups is 1. The summed E-state index contributed by atoms with van der Waals surface area (Å²) in [5.74, 6) is 0.981. The molecule has 0 bridgehead atoms. The molecule has 0 atom stereocenters. The predicted molar refractivity (Wildman–Crippen MR) is 154 cm³/mol. The first-order valence-corrected chi connectivity index (χ1v) is 13.3. The molecule has 1 saturated heterocycles. The van der Waals surface area contributed by atoms with Crippen LogP contribution in [0.4, 0.5) is 22.0 Å². The third-order valence-corrected chi connectivity index (χ3v) is 7.32. The molecule has 11 nitrogen and oxygen atoms in total. The number of rotatable bonds is 6. The fourth-order valence-corrected chi connectivity index (χ4v) is 4.84. The van der Waals surface area contributed by atoms with E-state index in [9.17, 15) is 9.59 Å². The number of ether oxygens (including phenoxy) is 1. The molecule has 1 aliphatic rings. The van der Waals surface area contributed by atoms with Crippen LogP contribution in [0, 0.1) is 0 Å². The van der Waals surface area contributed by atoms with Gasteiger partial charge in [-0.3, -0.25) is 15.0 Å². The van der Waals surface area contributed by atoms with Crippen LogP contribution in [0.2, 0.25) is 0 Å². The number of carbonyl (C=O) groups excluding carboxylic acids is 2. The third kappa shape index (κ3) is 6.95. The highest BCUT2D eigenvalue weighted by Gasteiger charge is 2.44. The second kappa shape index (κ2) is 10.9. The van der Waals surface area contributed by atoms with E-state index in [1.54, 1.807) is 42.5 Å². The van der Waals surface area contributed by atoms with Gasteiger partial charge in [-0.1, -0.05) is 25.9 Å². The average molecular weight is 550 g/mol. The number of piperidine rings is 1. The number of likely N-dealkylation sites (tertiary alicyclic amines) is 1. The summed E-state index contributed by atoms with van der Waals surface area (Å²) in [5.41, 5.74) is 1.01. The average Bonchev–Trinajstić information content (AvgIpc) is 3.33. The van der Waals surface area contributed by atoms with Crippen LogP contribution in [0.25, 0.3) is 0 Å². The lowest BCUT2D eigenvalue weighted by atomic mass is 9.79. The number of hydrogen-bond donors (Lipinski definition) is 3. The van der Waals surface area contributed by atoms with E-state index in [1.807, 2.05) is 20.8 Å². The van der Waals surface area contributed by atoms with Crippen molar-refractivity contribution in [3.8, 4) is 5.88 Å². The van der Waals surface area contributed by atoms with Crippen molar-refractivity contribution in [2.75, 3.05) is 23.0 Å². The van der Waals surface area contributed by atoms with Gasteiger partial charge < -0.3 is 19.9 Å². The molecule has 40 heavy (non-hydrogen) atoms. The van der Waals surface area contributed by atoms with Gasteiger partial charge in [0.2, 0.25) is 5.88 Å². The highest BCUT2D eigenvalue weighted by molar-refractivity contribution is 6.03. The Labute approximate surface area is 235 Å². The van der Waals surface area contributed by atoms with Gasteiger partial charge in [-0.05, 0) is 65.1 Å². The van der Waals surface area contributed by atoms with E-state index in [1.165, 1.54) is 0 Å². The zero-order valence-corrected chi connectivity index (χ0v) is 24.5. The number of hydrogen-bond acceptors (Lipinski definition) is 8. The van der Waals surface area contributed by atoms with Gasteiger partial charge in [0, 0.05) is 52.8 Å². The zero-order chi connectivity index (χ0) is 29.3. The zero-order valence-electron chi connectivity index (χ0n) is 24.5. The number of amides is 3. The molecule has 0 saturated carbocycles. The second-order valence-corrected chi connectivity index (χ2v) is 12.5. The smallest absolute Gasteiger partial charge is 0.324 e. The maximum absolute atomic E-state index is 12.7. The van der Waals surface area contributed by atoms with E-state index >= 15 is 0 Å². The first-order chi connectivity index (χ1) is 18.6. The summed E-state index contributed by atoms with van der Waals surface area (Å²) in [7, 11) is 2.15. The monoisotopic (exact) mass is 549 g/mol. The van der Waals surface area contributed by atoms with E-state index in [2.05, 4.69) is 70.9 Å². The molecule has 4 rings (SSSR count). The van der Waals surface area contributed by atoms with E-state index in [0.717, 1.165) is 12.8 Å². The van der Waals surface area contributed by atoms with Gasteiger partial charge in [0.1, 0.15) is 11.9 Å². The number of carbonyl (C=O) groups is 2. The lowest BCUT2D eigenvalue weighted by Gasteiger charge is -2.53. The Morgan fingerprint density at radius 2 is 1.52 bits per heavy atom. The molecule has 2 aromatic heterocycles. The summed E-state index contributed by atoms with van der Waals surface area (Å²) in [6, 6.07) is 11.2. The van der Waals surface area contributed by atoms with Gasteiger partial charge in [-0.25, -0.2) is 4.79 Å². The van der Waals surface area contributed by atoms with Crippen LogP contribution in [0.3, 0.4) is 0 Å². The van der Waals surface area contributed by atoms with Crippen molar-refractivity contribution in [1.82, 2.24) is 20.3 Å². The van der Waals surface area contributed by atoms with Crippen LogP contribution in [0.1, 0.15) is 77.6 Å². The van der Waals surface area contributed by atoms with Gasteiger partial charge in [0.15, 0.2) is 11.5 Å². The standard InChI is InChI=1S/C29H39N7O4/c1-27(2,3)22-15-23(35-40-22)32-26(38)31-19-11-9-18(10-12-19)30-25(37)21-13-14-24(34-33-21)39-20-16-28(4,5)36(8)29(6,7)17-20/h9-15,20H,16-17H2,1-8H3,(H,30,37)(H2,31,32,35,38). The summed E-state index contributed by atoms with van der Waals surface area (Å²) in [6.45, 7) is 14.8. The van der Waals surface area contributed by atoms with Gasteiger partial charge in [0.25, 0.3) is 5.91 Å². The highest BCUT2D eigenvalue weighted by Crippen LogP contribution is 2.38. The molecule has 1 fully saturated rings. The van der Waals surface area contributed by atoms with Crippen molar-refractivity contribution in [2.24, 2.45) is 0 Å². The minimum absolute atomic E-state index is 0.00120. The van der Waals surface area contributed by atoms with Crippen molar-refractivity contribution in [1.29, 1.82) is 0 Å². The molecule has 1 aromatic carbocycles. The first-order valence-electron chi connectivity index (χ1n) is 13.3. The van der Waals surface area contributed by atoms with Crippen molar-refractivity contribution in [2.45, 2.75) is 83.9 Å². The fourth-order valence-electron chi connectivity index (χ4n) is 4.84. The third-order valence-electron chi connectivity index (χ3n) is 7.32.